The quantitative estimate of drug-likeness (QED) is 0.399. The maximum atomic E-state index is 12.2. The van der Waals surface area contributed by atoms with Crippen molar-refractivity contribution in [1.82, 2.24) is 15.8 Å². The molecule has 5 heteroatoms. The number of allylic oxidation sites excluding steroid dienone is 1. The number of piperidine rings is 1. The summed E-state index contributed by atoms with van der Waals surface area (Å²) in [7, 11) is 0. The van der Waals surface area contributed by atoms with Gasteiger partial charge in [-0.2, -0.15) is 0 Å². The van der Waals surface area contributed by atoms with Gasteiger partial charge in [-0.25, -0.2) is 5.54 Å². The van der Waals surface area contributed by atoms with Crippen LogP contribution < -0.4 is 10.9 Å². The van der Waals surface area contributed by atoms with Crippen LogP contribution in [0.2, 0.25) is 0 Å². The molecular weight excluding hydrogens is 255 g/mol. The molecular formula is C15H29FN4. The van der Waals surface area contributed by atoms with Crippen molar-refractivity contribution in [3.63, 3.8) is 0 Å². The molecule has 1 heterocycles. The lowest BCUT2D eigenvalue weighted by atomic mass is 10.0. The molecule has 0 unspecified atom stereocenters. The molecule has 1 aliphatic rings. The van der Waals surface area contributed by atoms with E-state index in [0.29, 0.717) is 12.0 Å². The normalized spacial score (nSPS) is 18.6. The van der Waals surface area contributed by atoms with E-state index in [9.17, 15) is 4.48 Å². The maximum Gasteiger partial charge on any atom is 0.148 e. The van der Waals surface area contributed by atoms with Crippen molar-refractivity contribution in [2.45, 2.75) is 46.6 Å². The average Bonchev–Trinajstić information content (AvgIpc) is 2.39. The minimum atomic E-state index is -0.196. The Kier molecular flexibility index (Phi) is 6.99. The fraction of sp³-hybridized carbons (Fsp3) is 0.800. The second kappa shape index (κ2) is 8.25. The zero-order valence-corrected chi connectivity index (χ0v) is 13.2. The van der Waals surface area contributed by atoms with Crippen LogP contribution >= 0.6 is 0 Å². The van der Waals surface area contributed by atoms with Crippen molar-refractivity contribution in [3.8, 4) is 0 Å². The van der Waals surface area contributed by atoms with Crippen LogP contribution in [-0.2, 0) is 0 Å². The molecule has 116 valence electrons. The minimum absolute atomic E-state index is 0.196. The van der Waals surface area contributed by atoms with Crippen LogP contribution in [0.15, 0.2) is 11.8 Å². The van der Waals surface area contributed by atoms with Gasteiger partial charge in [0.25, 0.3) is 0 Å². The van der Waals surface area contributed by atoms with Crippen molar-refractivity contribution in [1.29, 1.82) is 5.41 Å². The third kappa shape index (κ3) is 5.90. The zero-order chi connectivity index (χ0) is 15.1. The van der Waals surface area contributed by atoms with E-state index in [1.54, 1.807) is 6.08 Å². The van der Waals surface area contributed by atoms with Gasteiger partial charge in [0.2, 0.25) is 0 Å². The van der Waals surface area contributed by atoms with E-state index in [0.717, 1.165) is 38.2 Å². The lowest BCUT2D eigenvalue weighted by molar-refractivity contribution is 0.183. The second-order valence-electron chi connectivity index (χ2n) is 6.38. The summed E-state index contributed by atoms with van der Waals surface area (Å²) in [6.07, 6.45) is 3.76. The Morgan fingerprint density at radius 1 is 1.30 bits per heavy atom. The van der Waals surface area contributed by atoms with Gasteiger partial charge in [0.1, 0.15) is 5.84 Å². The largest absolute Gasteiger partial charge is 0.385 e. The molecule has 0 aromatic heterocycles. The standard InChI is InChI=1S/C15H29FN4/c1-11(2)10-20-7-5-13(6-8-20)18-14(12(3)4)9-15(17)19-16/h9,11-13,18H,5-8,10H2,1-4H3,(H2,17,19)/b14-9-. The molecule has 3 N–H and O–H groups in total. The number of amidine groups is 1. The monoisotopic (exact) mass is 284 g/mol. The molecule has 0 atom stereocenters. The summed E-state index contributed by atoms with van der Waals surface area (Å²) < 4.78 is 12.2. The van der Waals surface area contributed by atoms with Crippen molar-refractivity contribution >= 4 is 5.84 Å². The van der Waals surface area contributed by atoms with E-state index in [1.165, 1.54) is 5.54 Å². The number of hydrogen-bond acceptors (Lipinski definition) is 3. The first-order chi connectivity index (χ1) is 9.42. The third-order valence-corrected chi connectivity index (χ3v) is 3.61. The maximum absolute atomic E-state index is 12.2. The molecule has 1 saturated heterocycles. The zero-order valence-electron chi connectivity index (χ0n) is 13.2. The Morgan fingerprint density at radius 3 is 2.35 bits per heavy atom. The van der Waals surface area contributed by atoms with E-state index in [2.05, 4.69) is 37.9 Å². The van der Waals surface area contributed by atoms with Gasteiger partial charge in [-0.05, 0) is 24.7 Å². The molecule has 1 rings (SSSR count). The van der Waals surface area contributed by atoms with Crippen LogP contribution in [0.25, 0.3) is 0 Å². The Morgan fingerprint density at radius 2 is 1.90 bits per heavy atom. The van der Waals surface area contributed by atoms with Crippen LogP contribution in [-0.4, -0.2) is 36.4 Å². The van der Waals surface area contributed by atoms with E-state index < -0.39 is 0 Å². The lowest BCUT2D eigenvalue weighted by Gasteiger charge is -2.34. The van der Waals surface area contributed by atoms with E-state index >= 15 is 0 Å². The summed E-state index contributed by atoms with van der Waals surface area (Å²) in [4.78, 5) is 2.51. The number of halogens is 1. The molecule has 4 nitrogen and oxygen atoms in total. The Hall–Kier alpha value is -1.10. The number of nitrogens with one attached hydrogen (secondary N) is 3. The Balaban J connectivity index is 2.48. The number of rotatable bonds is 6. The fourth-order valence-electron chi connectivity index (χ4n) is 2.57. The predicted octanol–water partition coefficient (Wildman–Crippen LogP) is 2.69. The van der Waals surface area contributed by atoms with Gasteiger partial charge < -0.3 is 10.2 Å². The van der Waals surface area contributed by atoms with Crippen molar-refractivity contribution in [3.05, 3.63) is 11.8 Å². The van der Waals surface area contributed by atoms with E-state index in [-0.39, 0.29) is 11.8 Å². The smallest absolute Gasteiger partial charge is 0.148 e. The summed E-state index contributed by atoms with van der Waals surface area (Å²) in [6.45, 7) is 12.0. The van der Waals surface area contributed by atoms with Gasteiger partial charge in [-0.1, -0.05) is 27.7 Å². The third-order valence-electron chi connectivity index (χ3n) is 3.61. The number of hydrogen-bond donors (Lipinski definition) is 3. The van der Waals surface area contributed by atoms with E-state index in [1.807, 2.05) is 0 Å². The van der Waals surface area contributed by atoms with Crippen molar-refractivity contribution in [2.75, 3.05) is 19.6 Å². The lowest BCUT2D eigenvalue weighted by Crippen LogP contribution is -2.44. The first kappa shape index (κ1) is 17.0. The van der Waals surface area contributed by atoms with Crippen LogP contribution in [0, 0.1) is 17.2 Å². The summed E-state index contributed by atoms with van der Waals surface area (Å²) in [5.41, 5.74) is 2.31. The number of nitrogens with zero attached hydrogens (tertiary/aromatic N) is 1. The molecule has 0 aromatic rings. The Labute approximate surface area is 122 Å². The first-order valence-electron chi connectivity index (χ1n) is 7.58. The summed E-state index contributed by atoms with van der Waals surface area (Å²) >= 11 is 0. The summed E-state index contributed by atoms with van der Waals surface area (Å²) in [5.74, 6) is 0.776. The topological polar surface area (TPSA) is 51.2 Å². The second-order valence-corrected chi connectivity index (χ2v) is 6.38. The van der Waals surface area contributed by atoms with E-state index in [4.69, 9.17) is 5.41 Å². The summed E-state index contributed by atoms with van der Waals surface area (Å²) in [6, 6.07) is 0.430. The molecule has 0 radical (unpaired) electrons. The highest BCUT2D eigenvalue weighted by Gasteiger charge is 2.20. The minimum Gasteiger partial charge on any atom is -0.385 e. The highest BCUT2D eigenvalue weighted by Crippen LogP contribution is 2.15. The molecule has 0 aromatic carbocycles. The molecule has 0 bridgehead atoms. The molecule has 0 aliphatic carbocycles. The fourth-order valence-corrected chi connectivity index (χ4v) is 2.57. The summed E-state index contributed by atoms with van der Waals surface area (Å²) in [5, 5.41) is 10.9. The first-order valence-corrected chi connectivity index (χ1v) is 7.58. The Bertz CT molecular complexity index is 331. The van der Waals surface area contributed by atoms with Crippen LogP contribution in [0.3, 0.4) is 0 Å². The van der Waals surface area contributed by atoms with Gasteiger partial charge in [-0.15, -0.1) is 4.48 Å². The van der Waals surface area contributed by atoms with Gasteiger partial charge in [0, 0.05) is 37.4 Å². The van der Waals surface area contributed by atoms with Crippen LogP contribution in [0.5, 0.6) is 0 Å². The van der Waals surface area contributed by atoms with Gasteiger partial charge >= 0.3 is 0 Å². The SMILES string of the molecule is CC(C)CN1CCC(N/C(=C\C(=N)NF)C(C)C)CC1. The van der Waals surface area contributed by atoms with Crippen molar-refractivity contribution < 1.29 is 4.48 Å². The molecule has 20 heavy (non-hydrogen) atoms. The van der Waals surface area contributed by atoms with Gasteiger partial charge in [-0.3, -0.25) is 5.41 Å². The highest BCUT2D eigenvalue weighted by atomic mass is 19.2. The predicted molar refractivity (Wildman–Crippen MR) is 82.3 cm³/mol. The van der Waals surface area contributed by atoms with Crippen LogP contribution in [0.1, 0.15) is 40.5 Å². The molecule has 0 saturated carbocycles. The molecule has 1 fully saturated rings. The molecule has 0 amide bonds. The highest BCUT2D eigenvalue weighted by molar-refractivity contribution is 5.89. The molecule has 1 aliphatic heterocycles. The number of likely N-dealkylation sites (tertiary alicyclic amines) is 1. The van der Waals surface area contributed by atoms with Crippen LogP contribution in [0.4, 0.5) is 4.48 Å². The molecule has 0 spiro atoms. The van der Waals surface area contributed by atoms with Gasteiger partial charge in [0.15, 0.2) is 0 Å². The van der Waals surface area contributed by atoms with Crippen molar-refractivity contribution in [2.24, 2.45) is 11.8 Å². The average molecular weight is 284 g/mol. The van der Waals surface area contributed by atoms with Gasteiger partial charge in [0.05, 0.1) is 0 Å².